The van der Waals surface area contributed by atoms with Gasteiger partial charge in [0.05, 0.1) is 0 Å². The Kier molecular flexibility index (Phi) is 4.43. The molecule has 4 nitrogen and oxygen atoms in total. The second-order valence-corrected chi connectivity index (χ2v) is 3.79. The van der Waals surface area contributed by atoms with Gasteiger partial charge in [0.15, 0.2) is 0 Å². The molecule has 1 heterocycles. The van der Waals surface area contributed by atoms with Gasteiger partial charge in [-0.1, -0.05) is 19.3 Å². The van der Waals surface area contributed by atoms with E-state index in [1.165, 1.54) is 19.3 Å². The lowest BCUT2D eigenvalue weighted by Gasteiger charge is -2.24. The molecule has 1 rings (SSSR count). The molecule has 14 heavy (non-hydrogen) atoms. The van der Waals surface area contributed by atoms with Crippen LogP contribution in [0.2, 0.25) is 0 Å². The summed E-state index contributed by atoms with van der Waals surface area (Å²) < 4.78 is 0. The number of hydrogen-bond acceptors (Lipinski definition) is 2. The molecule has 80 valence electrons. The molecule has 2 amide bonds. The van der Waals surface area contributed by atoms with Gasteiger partial charge < -0.3 is 10.6 Å². The lowest BCUT2D eigenvalue weighted by molar-refractivity contribution is -0.135. The van der Waals surface area contributed by atoms with Crippen molar-refractivity contribution in [2.45, 2.75) is 38.5 Å². The fourth-order valence-electron chi connectivity index (χ4n) is 1.76. The molecule has 1 fully saturated rings. The van der Waals surface area contributed by atoms with Gasteiger partial charge in [0, 0.05) is 13.1 Å². The minimum atomic E-state index is -0.531. The van der Waals surface area contributed by atoms with Gasteiger partial charge in [-0.05, 0) is 12.8 Å². The van der Waals surface area contributed by atoms with Crippen LogP contribution >= 0.6 is 0 Å². The smallest absolute Gasteiger partial charge is 0.231 e. The Hall–Kier alpha value is -1.06. The molecular weight excluding hydrogens is 180 g/mol. The van der Waals surface area contributed by atoms with Crippen molar-refractivity contribution in [2.75, 3.05) is 13.1 Å². The summed E-state index contributed by atoms with van der Waals surface area (Å²) in [6, 6.07) is 0. The summed E-state index contributed by atoms with van der Waals surface area (Å²) in [6.45, 7) is 1.57. The summed E-state index contributed by atoms with van der Waals surface area (Å²) in [7, 11) is 0. The second kappa shape index (κ2) is 5.62. The standard InChI is InChI=1S/C10H18N2O2/c11-9(13)8-10(14)12-6-4-2-1-3-5-7-12/h1-8H2,(H2,11,13). The van der Waals surface area contributed by atoms with E-state index in [2.05, 4.69) is 0 Å². The predicted molar refractivity (Wildman–Crippen MR) is 53.5 cm³/mol. The number of likely N-dealkylation sites (tertiary alicyclic amines) is 1. The molecule has 1 saturated heterocycles. The van der Waals surface area contributed by atoms with E-state index < -0.39 is 5.91 Å². The summed E-state index contributed by atoms with van der Waals surface area (Å²) in [5.74, 6) is -0.642. The van der Waals surface area contributed by atoms with Gasteiger partial charge in [-0.25, -0.2) is 0 Å². The maximum Gasteiger partial charge on any atom is 0.231 e. The van der Waals surface area contributed by atoms with Crippen molar-refractivity contribution in [2.24, 2.45) is 5.73 Å². The number of carbonyl (C=O) groups excluding carboxylic acids is 2. The Balaban J connectivity index is 2.38. The lowest BCUT2D eigenvalue weighted by atomic mass is 10.1. The number of hydrogen-bond donors (Lipinski definition) is 1. The SMILES string of the molecule is NC(=O)CC(=O)N1CCCCCCC1. The zero-order valence-corrected chi connectivity index (χ0v) is 8.50. The van der Waals surface area contributed by atoms with Crippen molar-refractivity contribution in [3.05, 3.63) is 0 Å². The van der Waals surface area contributed by atoms with Crippen molar-refractivity contribution < 1.29 is 9.59 Å². The first-order valence-electron chi connectivity index (χ1n) is 5.26. The van der Waals surface area contributed by atoms with E-state index in [1.807, 2.05) is 0 Å². The van der Waals surface area contributed by atoms with E-state index in [0.717, 1.165) is 25.9 Å². The molecule has 0 aliphatic carbocycles. The third-order valence-electron chi connectivity index (χ3n) is 2.53. The second-order valence-electron chi connectivity index (χ2n) is 3.79. The largest absolute Gasteiger partial charge is 0.369 e. The van der Waals surface area contributed by atoms with Crippen LogP contribution in [0.15, 0.2) is 0 Å². The van der Waals surface area contributed by atoms with Gasteiger partial charge in [-0.15, -0.1) is 0 Å². The molecule has 1 aliphatic heterocycles. The average Bonchev–Trinajstić information content (AvgIpc) is 2.00. The molecule has 0 aromatic carbocycles. The first-order chi connectivity index (χ1) is 6.70. The van der Waals surface area contributed by atoms with Gasteiger partial charge >= 0.3 is 0 Å². The molecule has 0 aromatic rings. The van der Waals surface area contributed by atoms with Gasteiger partial charge in [0.1, 0.15) is 6.42 Å². The Morgan fingerprint density at radius 1 is 1.00 bits per heavy atom. The summed E-state index contributed by atoms with van der Waals surface area (Å²) in [4.78, 5) is 23.8. The first kappa shape index (κ1) is 11.0. The number of nitrogens with zero attached hydrogens (tertiary/aromatic N) is 1. The van der Waals surface area contributed by atoms with Crippen LogP contribution < -0.4 is 5.73 Å². The molecule has 4 heteroatoms. The van der Waals surface area contributed by atoms with Gasteiger partial charge in [0.2, 0.25) is 11.8 Å². The van der Waals surface area contributed by atoms with Crippen LogP contribution in [0, 0.1) is 0 Å². The number of rotatable bonds is 2. The molecule has 1 aliphatic rings. The Morgan fingerprint density at radius 3 is 2.00 bits per heavy atom. The zero-order chi connectivity index (χ0) is 10.4. The molecule has 0 spiro atoms. The van der Waals surface area contributed by atoms with E-state index in [0.29, 0.717) is 0 Å². The highest BCUT2D eigenvalue weighted by atomic mass is 16.2. The van der Waals surface area contributed by atoms with E-state index in [1.54, 1.807) is 4.90 Å². The Bertz CT molecular complexity index is 208. The van der Waals surface area contributed by atoms with Crippen LogP contribution in [0.5, 0.6) is 0 Å². The van der Waals surface area contributed by atoms with Crippen LogP contribution in [-0.4, -0.2) is 29.8 Å². The number of primary amides is 1. The van der Waals surface area contributed by atoms with Crippen LogP contribution in [-0.2, 0) is 9.59 Å². The highest BCUT2D eigenvalue weighted by Gasteiger charge is 2.16. The summed E-state index contributed by atoms with van der Waals surface area (Å²) in [6.07, 6.45) is 5.58. The van der Waals surface area contributed by atoms with Crippen molar-refractivity contribution in [1.29, 1.82) is 0 Å². The summed E-state index contributed by atoms with van der Waals surface area (Å²) in [5.41, 5.74) is 4.98. The van der Waals surface area contributed by atoms with Crippen LogP contribution in [0.25, 0.3) is 0 Å². The molecule has 0 unspecified atom stereocenters. The van der Waals surface area contributed by atoms with Crippen LogP contribution in [0.4, 0.5) is 0 Å². The van der Waals surface area contributed by atoms with Gasteiger partial charge in [-0.2, -0.15) is 0 Å². The topological polar surface area (TPSA) is 63.4 Å². The molecule has 0 aromatic heterocycles. The van der Waals surface area contributed by atoms with E-state index >= 15 is 0 Å². The fraction of sp³-hybridized carbons (Fsp3) is 0.800. The maximum absolute atomic E-state index is 11.5. The first-order valence-corrected chi connectivity index (χ1v) is 5.26. The predicted octanol–water partition coefficient (Wildman–Crippen LogP) is 0.654. The molecule has 0 radical (unpaired) electrons. The molecule has 2 N–H and O–H groups in total. The monoisotopic (exact) mass is 198 g/mol. The fourth-order valence-corrected chi connectivity index (χ4v) is 1.76. The van der Waals surface area contributed by atoms with Crippen molar-refractivity contribution >= 4 is 11.8 Å². The van der Waals surface area contributed by atoms with Crippen molar-refractivity contribution in [1.82, 2.24) is 4.90 Å². The van der Waals surface area contributed by atoms with Crippen LogP contribution in [0.3, 0.4) is 0 Å². The highest BCUT2D eigenvalue weighted by molar-refractivity contribution is 5.96. The lowest BCUT2D eigenvalue weighted by Crippen LogP contribution is -2.36. The van der Waals surface area contributed by atoms with Crippen molar-refractivity contribution in [3.8, 4) is 0 Å². The van der Waals surface area contributed by atoms with Gasteiger partial charge in [0.25, 0.3) is 0 Å². The number of nitrogens with two attached hydrogens (primary N) is 1. The molecule has 0 atom stereocenters. The molecule has 0 saturated carbocycles. The zero-order valence-electron chi connectivity index (χ0n) is 8.50. The molecular formula is C10H18N2O2. The third-order valence-corrected chi connectivity index (χ3v) is 2.53. The van der Waals surface area contributed by atoms with E-state index in [-0.39, 0.29) is 12.3 Å². The quantitative estimate of drug-likeness (QED) is 0.662. The normalized spacial score (nSPS) is 18.4. The number of amides is 2. The Labute approximate surface area is 84.4 Å². The minimum Gasteiger partial charge on any atom is -0.369 e. The number of carbonyl (C=O) groups is 2. The Morgan fingerprint density at radius 2 is 1.50 bits per heavy atom. The molecule has 0 bridgehead atoms. The van der Waals surface area contributed by atoms with Gasteiger partial charge in [-0.3, -0.25) is 9.59 Å². The van der Waals surface area contributed by atoms with E-state index in [4.69, 9.17) is 5.73 Å². The van der Waals surface area contributed by atoms with E-state index in [9.17, 15) is 9.59 Å². The minimum absolute atomic E-state index is 0.112. The summed E-state index contributed by atoms with van der Waals surface area (Å²) >= 11 is 0. The highest BCUT2D eigenvalue weighted by Crippen LogP contribution is 2.11. The average molecular weight is 198 g/mol. The summed E-state index contributed by atoms with van der Waals surface area (Å²) in [5, 5.41) is 0. The van der Waals surface area contributed by atoms with Crippen LogP contribution in [0.1, 0.15) is 38.5 Å². The van der Waals surface area contributed by atoms with Crippen molar-refractivity contribution in [3.63, 3.8) is 0 Å². The third kappa shape index (κ3) is 3.77. The maximum atomic E-state index is 11.5.